The first-order valence-corrected chi connectivity index (χ1v) is 7.93. The highest BCUT2D eigenvalue weighted by atomic mass is 16.3. The van der Waals surface area contributed by atoms with Crippen LogP contribution in [0.15, 0.2) is 83.3 Å². The van der Waals surface area contributed by atoms with Crippen LogP contribution < -0.4 is 0 Å². The van der Waals surface area contributed by atoms with Gasteiger partial charge in [-0.3, -0.25) is 0 Å². The van der Waals surface area contributed by atoms with E-state index in [0.29, 0.717) is 5.58 Å². The third-order valence-electron chi connectivity index (χ3n) is 4.23. The molecule has 0 aliphatic rings. The minimum atomic E-state index is 0.210. The lowest BCUT2D eigenvalue weighted by Crippen LogP contribution is -1.84. The summed E-state index contributed by atoms with van der Waals surface area (Å²) in [6, 6.07) is 25.9. The van der Waals surface area contributed by atoms with E-state index in [1.54, 1.807) is 12.1 Å². The fraction of sp³-hybridized carbons (Fsp3) is 0.0455. The van der Waals surface area contributed by atoms with Gasteiger partial charge in [0, 0.05) is 6.07 Å². The van der Waals surface area contributed by atoms with Crippen LogP contribution in [0, 0.1) is 6.92 Å². The minimum absolute atomic E-state index is 0.210. The molecule has 4 aromatic rings. The maximum absolute atomic E-state index is 9.69. The van der Waals surface area contributed by atoms with Crippen molar-refractivity contribution in [2.24, 2.45) is 0 Å². The van der Waals surface area contributed by atoms with E-state index in [-0.39, 0.29) is 5.75 Å². The van der Waals surface area contributed by atoms with E-state index in [4.69, 9.17) is 4.42 Å². The highest BCUT2D eigenvalue weighted by Crippen LogP contribution is 2.30. The molecule has 1 heterocycles. The van der Waals surface area contributed by atoms with Crippen molar-refractivity contribution in [3.8, 4) is 28.2 Å². The fourth-order valence-electron chi connectivity index (χ4n) is 2.94. The van der Waals surface area contributed by atoms with Crippen molar-refractivity contribution < 1.29 is 9.52 Å². The molecule has 116 valence electrons. The van der Waals surface area contributed by atoms with Gasteiger partial charge in [0.25, 0.3) is 0 Å². The summed E-state index contributed by atoms with van der Waals surface area (Å²) in [7, 11) is 0. The van der Waals surface area contributed by atoms with Gasteiger partial charge in [0.1, 0.15) is 5.75 Å². The predicted molar refractivity (Wildman–Crippen MR) is 97.9 cm³/mol. The summed E-state index contributed by atoms with van der Waals surface area (Å²) in [6.45, 7) is 2.05. The first kappa shape index (κ1) is 14.5. The Balaban J connectivity index is 1.77. The number of aromatic hydroxyl groups is 1. The van der Waals surface area contributed by atoms with Crippen molar-refractivity contribution in [2.45, 2.75) is 6.92 Å². The van der Waals surface area contributed by atoms with Gasteiger partial charge in [-0.25, -0.2) is 4.42 Å². The largest absolute Gasteiger partial charge is 0.508 e. The third-order valence-corrected chi connectivity index (χ3v) is 4.23. The lowest BCUT2D eigenvalue weighted by molar-refractivity contribution is 0.474. The summed E-state index contributed by atoms with van der Waals surface area (Å²) < 4.78 is 6.00. The number of aryl methyl sites for hydroxylation is 1. The van der Waals surface area contributed by atoms with Gasteiger partial charge in [-0.05, 0) is 47.9 Å². The van der Waals surface area contributed by atoms with Gasteiger partial charge in [-0.15, -0.1) is 0 Å². The summed E-state index contributed by atoms with van der Waals surface area (Å²) in [5.41, 5.74) is 5.20. The van der Waals surface area contributed by atoms with Crippen molar-refractivity contribution in [2.75, 3.05) is 0 Å². The molecule has 0 atom stereocenters. The van der Waals surface area contributed by atoms with Crippen LogP contribution >= 0.6 is 0 Å². The number of fused-ring (bicyclic) bond motifs is 1. The van der Waals surface area contributed by atoms with Crippen molar-refractivity contribution in [1.29, 1.82) is 0 Å². The molecule has 0 fully saturated rings. The van der Waals surface area contributed by atoms with Crippen molar-refractivity contribution in [3.05, 3.63) is 84.4 Å². The molecule has 24 heavy (non-hydrogen) atoms. The molecule has 0 spiro atoms. The van der Waals surface area contributed by atoms with Crippen LogP contribution in [0.1, 0.15) is 5.56 Å². The molecule has 0 bridgehead atoms. The van der Waals surface area contributed by atoms with Crippen molar-refractivity contribution in [1.82, 2.24) is 0 Å². The monoisotopic (exact) mass is 313 g/mol. The highest BCUT2D eigenvalue weighted by molar-refractivity contribution is 5.83. The zero-order valence-electron chi connectivity index (χ0n) is 13.4. The fourth-order valence-corrected chi connectivity index (χ4v) is 2.94. The van der Waals surface area contributed by atoms with E-state index < -0.39 is 0 Å². The van der Waals surface area contributed by atoms with Gasteiger partial charge in [0.2, 0.25) is 0 Å². The molecule has 0 amide bonds. The van der Waals surface area contributed by atoms with Crippen LogP contribution in [-0.2, 0) is 0 Å². The quantitative estimate of drug-likeness (QED) is 0.456. The Morgan fingerprint density at radius 2 is 1.38 bits per heavy atom. The molecule has 4 rings (SSSR count). The number of hydrogen-bond donors (Lipinski definition) is 1. The molecule has 2 heteroatoms. The molecule has 0 aliphatic carbocycles. The van der Waals surface area contributed by atoms with Crippen LogP contribution in [-0.4, -0.2) is 5.11 Å². The standard InChI is InChI=1S/C22H16O2/c1-15-13-21(24-22-14-19(23)11-12-20(15)22)18-9-7-17(8-10-18)16-5-3-2-4-6-16/h2-14H,1H3/p+1. The van der Waals surface area contributed by atoms with Crippen molar-refractivity contribution >= 4 is 11.0 Å². The van der Waals surface area contributed by atoms with E-state index in [9.17, 15) is 5.11 Å². The zero-order chi connectivity index (χ0) is 16.5. The van der Waals surface area contributed by atoms with Crippen LogP contribution in [0.3, 0.4) is 0 Å². The first-order valence-electron chi connectivity index (χ1n) is 7.93. The van der Waals surface area contributed by atoms with Crippen molar-refractivity contribution in [3.63, 3.8) is 0 Å². The molecule has 0 saturated carbocycles. The Morgan fingerprint density at radius 3 is 2.12 bits per heavy atom. The van der Waals surface area contributed by atoms with Crippen LogP contribution in [0.5, 0.6) is 5.75 Å². The molecular weight excluding hydrogens is 296 g/mol. The van der Waals surface area contributed by atoms with E-state index >= 15 is 0 Å². The topological polar surface area (TPSA) is 31.5 Å². The predicted octanol–water partition coefficient (Wildman–Crippen LogP) is 6.06. The third kappa shape index (κ3) is 2.63. The second-order valence-electron chi connectivity index (χ2n) is 5.92. The van der Waals surface area contributed by atoms with Gasteiger partial charge in [0.05, 0.1) is 17.0 Å². The molecular formula is C22H17O2+. The normalized spacial score (nSPS) is 10.9. The molecule has 0 radical (unpaired) electrons. The molecule has 3 aromatic carbocycles. The molecule has 2 nitrogen and oxygen atoms in total. The average Bonchev–Trinajstić information content (AvgIpc) is 2.62. The number of hydrogen-bond acceptors (Lipinski definition) is 1. The smallest absolute Gasteiger partial charge is 0.364 e. The van der Waals surface area contributed by atoms with E-state index in [1.165, 1.54) is 11.1 Å². The Bertz CT molecular complexity index is 1000. The Kier molecular flexibility index (Phi) is 3.51. The molecule has 1 N–H and O–H groups in total. The Morgan fingerprint density at radius 1 is 0.708 bits per heavy atom. The molecule has 0 aliphatic heterocycles. The number of phenolic OH excluding ortho intramolecular Hbond substituents is 1. The second-order valence-corrected chi connectivity index (χ2v) is 5.92. The molecule has 0 unspecified atom stereocenters. The maximum Gasteiger partial charge on any atom is 0.364 e. The lowest BCUT2D eigenvalue weighted by atomic mass is 10.0. The Hall–Kier alpha value is -3.13. The maximum atomic E-state index is 9.69. The number of phenols is 1. The van der Waals surface area contributed by atoms with Crippen LogP contribution in [0.25, 0.3) is 33.4 Å². The lowest BCUT2D eigenvalue weighted by Gasteiger charge is -2.02. The average molecular weight is 313 g/mol. The van der Waals surface area contributed by atoms with E-state index in [1.807, 2.05) is 30.3 Å². The van der Waals surface area contributed by atoms with Crippen LogP contribution in [0.4, 0.5) is 0 Å². The van der Waals surface area contributed by atoms with Gasteiger partial charge in [0.15, 0.2) is 0 Å². The van der Waals surface area contributed by atoms with Gasteiger partial charge < -0.3 is 5.11 Å². The number of benzene rings is 3. The van der Waals surface area contributed by atoms with E-state index in [2.05, 4.69) is 43.3 Å². The van der Waals surface area contributed by atoms with E-state index in [0.717, 1.165) is 22.3 Å². The van der Waals surface area contributed by atoms with Crippen LogP contribution in [0.2, 0.25) is 0 Å². The minimum Gasteiger partial charge on any atom is -0.508 e. The first-order chi connectivity index (χ1) is 11.7. The van der Waals surface area contributed by atoms with Gasteiger partial charge in [-0.2, -0.15) is 0 Å². The highest BCUT2D eigenvalue weighted by Gasteiger charge is 2.17. The summed E-state index contributed by atoms with van der Waals surface area (Å²) in [5.74, 6) is 1.01. The molecule has 0 saturated heterocycles. The summed E-state index contributed by atoms with van der Waals surface area (Å²) >= 11 is 0. The SMILES string of the molecule is Cc1cc(-c2ccc(-c3ccccc3)cc2)[o+]c2cc(O)ccc12. The Labute approximate surface area is 140 Å². The van der Waals surface area contributed by atoms with Gasteiger partial charge >= 0.3 is 11.3 Å². The zero-order valence-corrected chi connectivity index (χ0v) is 13.4. The summed E-state index contributed by atoms with van der Waals surface area (Å²) in [5, 5.41) is 10.7. The number of rotatable bonds is 2. The summed E-state index contributed by atoms with van der Waals surface area (Å²) in [4.78, 5) is 0. The second kappa shape index (κ2) is 5.82. The van der Waals surface area contributed by atoms with Gasteiger partial charge in [-0.1, -0.05) is 42.5 Å². The molecule has 1 aromatic heterocycles. The summed E-state index contributed by atoms with van der Waals surface area (Å²) in [6.07, 6.45) is 0.